The minimum absolute atomic E-state index is 0.228. The molecule has 1 spiro atoms. The van der Waals surface area contributed by atoms with Gasteiger partial charge in [0.25, 0.3) is 0 Å². The minimum Gasteiger partial charge on any atom is -0.403 e. The fourth-order valence-corrected chi connectivity index (χ4v) is 5.02. The van der Waals surface area contributed by atoms with Crippen molar-refractivity contribution in [2.24, 2.45) is 7.05 Å². The number of ether oxygens (including phenoxy) is 2. The Labute approximate surface area is 166 Å². The summed E-state index contributed by atoms with van der Waals surface area (Å²) in [4.78, 5) is 34.2. The number of hydrogen-bond acceptors (Lipinski definition) is 8. The van der Waals surface area contributed by atoms with Gasteiger partial charge in [0.05, 0.1) is 16.8 Å². The van der Waals surface area contributed by atoms with Gasteiger partial charge >= 0.3 is 17.8 Å². The van der Waals surface area contributed by atoms with Gasteiger partial charge in [-0.15, -0.1) is 11.3 Å². The van der Waals surface area contributed by atoms with Gasteiger partial charge in [0.15, 0.2) is 0 Å². The lowest BCUT2D eigenvalue weighted by Gasteiger charge is -2.39. The molecule has 9 heteroatoms. The van der Waals surface area contributed by atoms with Crippen LogP contribution in [0.25, 0.3) is 10.6 Å². The standard InChI is InChI=1S/C19H20N4O4S/c1-21-14(15-3-2-10-28-15)11-20-18(21)23-12-19(22-8-6-13(23)7-9-22)26-16(24)4-5-17(25)27-19/h2-5,10-11,13H,6-9,12H2,1H3. The molecule has 0 N–H and O–H groups in total. The number of rotatable bonds is 2. The highest BCUT2D eigenvalue weighted by Crippen LogP contribution is 2.37. The highest BCUT2D eigenvalue weighted by atomic mass is 32.1. The zero-order valence-corrected chi connectivity index (χ0v) is 16.2. The Kier molecular flexibility index (Phi) is 4.02. The molecule has 146 valence electrons. The fourth-order valence-electron chi connectivity index (χ4n) is 4.25. The van der Waals surface area contributed by atoms with Crippen molar-refractivity contribution in [1.29, 1.82) is 0 Å². The van der Waals surface area contributed by atoms with Gasteiger partial charge in [0.1, 0.15) is 6.54 Å². The summed E-state index contributed by atoms with van der Waals surface area (Å²) >= 11 is 1.66. The molecule has 3 saturated heterocycles. The summed E-state index contributed by atoms with van der Waals surface area (Å²) in [5.74, 6) is -1.80. The largest absolute Gasteiger partial charge is 0.403 e. The Hall–Kier alpha value is -2.65. The summed E-state index contributed by atoms with van der Waals surface area (Å²) in [6.07, 6.45) is 5.86. The number of piperidine rings is 1. The molecule has 2 bridgehead atoms. The van der Waals surface area contributed by atoms with Crippen LogP contribution in [0.1, 0.15) is 12.8 Å². The van der Waals surface area contributed by atoms with Gasteiger partial charge < -0.3 is 18.9 Å². The third-order valence-corrected chi connectivity index (χ3v) is 6.52. The summed E-state index contributed by atoms with van der Waals surface area (Å²) in [6.45, 7) is 1.60. The average Bonchev–Trinajstić information content (AvgIpc) is 3.25. The van der Waals surface area contributed by atoms with Crippen LogP contribution < -0.4 is 4.90 Å². The molecule has 2 aromatic rings. The smallest absolute Gasteiger partial charge is 0.339 e. The van der Waals surface area contributed by atoms with Gasteiger partial charge in [-0.1, -0.05) is 6.07 Å². The summed E-state index contributed by atoms with van der Waals surface area (Å²) in [6, 6.07) is 4.31. The third-order valence-electron chi connectivity index (χ3n) is 5.63. The van der Waals surface area contributed by atoms with Crippen molar-refractivity contribution in [1.82, 2.24) is 14.5 Å². The first-order valence-corrected chi connectivity index (χ1v) is 10.1. The number of anilines is 1. The van der Waals surface area contributed by atoms with Crippen molar-refractivity contribution in [2.45, 2.75) is 24.8 Å². The van der Waals surface area contributed by atoms with E-state index < -0.39 is 17.8 Å². The molecule has 0 saturated carbocycles. The van der Waals surface area contributed by atoms with Crippen LogP contribution in [-0.4, -0.2) is 58.0 Å². The number of carbonyl (C=O) groups excluding carboxylic acids is 2. The van der Waals surface area contributed by atoms with Crippen LogP contribution in [-0.2, 0) is 26.1 Å². The second-order valence-electron chi connectivity index (χ2n) is 7.21. The maximum absolute atomic E-state index is 12.2. The van der Waals surface area contributed by atoms with Gasteiger partial charge in [-0.05, 0) is 24.3 Å². The van der Waals surface area contributed by atoms with Crippen molar-refractivity contribution in [2.75, 3.05) is 24.5 Å². The topological polar surface area (TPSA) is 76.9 Å². The van der Waals surface area contributed by atoms with E-state index in [4.69, 9.17) is 9.47 Å². The van der Waals surface area contributed by atoms with Crippen LogP contribution in [0.3, 0.4) is 0 Å². The average molecular weight is 400 g/mol. The molecule has 4 aliphatic heterocycles. The lowest BCUT2D eigenvalue weighted by atomic mass is 10.1. The molecule has 0 amide bonds. The Morgan fingerprint density at radius 3 is 2.54 bits per heavy atom. The first-order chi connectivity index (χ1) is 13.6. The molecule has 0 radical (unpaired) electrons. The summed E-state index contributed by atoms with van der Waals surface area (Å²) in [5, 5.41) is 2.04. The molecule has 28 heavy (non-hydrogen) atoms. The van der Waals surface area contributed by atoms with E-state index in [0.717, 1.165) is 41.5 Å². The number of hydrogen-bond donors (Lipinski definition) is 0. The molecular formula is C19H20N4O4S. The van der Waals surface area contributed by atoms with E-state index in [1.165, 1.54) is 0 Å². The molecule has 6 rings (SSSR count). The Balaban J connectivity index is 1.55. The predicted molar refractivity (Wildman–Crippen MR) is 103 cm³/mol. The van der Waals surface area contributed by atoms with Crippen LogP contribution >= 0.6 is 11.3 Å². The van der Waals surface area contributed by atoms with Gasteiger partial charge in [-0.3, -0.25) is 0 Å². The van der Waals surface area contributed by atoms with Gasteiger partial charge in [0.2, 0.25) is 5.95 Å². The Bertz CT molecular complexity index is 923. The van der Waals surface area contributed by atoms with E-state index in [9.17, 15) is 9.59 Å². The number of nitrogens with zero attached hydrogens (tertiary/aromatic N) is 4. The van der Waals surface area contributed by atoms with Crippen molar-refractivity contribution >= 4 is 29.2 Å². The molecule has 3 fully saturated rings. The van der Waals surface area contributed by atoms with Crippen LogP contribution in [0.5, 0.6) is 0 Å². The number of carbonyl (C=O) groups is 2. The fraction of sp³-hybridized carbons (Fsp3) is 0.421. The third kappa shape index (κ3) is 2.73. The first-order valence-electron chi connectivity index (χ1n) is 9.27. The molecular weight excluding hydrogens is 380 g/mol. The van der Waals surface area contributed by atoms with Gasteiger partial charge in [-0.2, -0.15) is 0 Å². The second-order valence-corrected chi connectivity index (χ2v) is 8.16. The summed E-state index contributed by atoms with van der Waals surface area (Å²) in [5.41, 5.74) is 1.02. The van der Waals surface area contributed by atoms with Crippen molar-refractivity contribution in [3.8, 4) is 10.6 Å². The number of thiophene rings is 1. The van der Waals surface area contributed by atoms with Gasteiger partial charge in [0, 0.05) is 38.3 Å². The van der Waals surface area contributed by atoms with Crippen LogP contribution in [0.2, 0.25) is 0 Å². The van der Waals surface area contributed by atoms with Crippen LogP contribution in [0.4, 0.5) is 5.95 Å². The number of fused-ring (bicyclic) bond motifs is 3. The van der Waals surface area contributed by atoms with E-state index in [0.29, 0.717) is 13.1 Å². The molecule has 6 heterocycles. The quantitative estimate of drug-likeness (QED) is 0.711. The van der Waals surface area contributed by atoms with Crippen molar-refractivity contribution in [3.63, 3.8) is 0 Å². The molecule has 2 aromatic heterocycles. The number of imidazole rings is 1. The van der Waals surface area contributed by atoms with E-state index in [1.807, 2.05) is 34.2 Å². The highest BCUT2D eigenvalue weighted by Gasteiger charge is 2.53. The van der Waals surface area contributed by atoms with Crippen molar-refractivity contribution in [3.05, 3.63) is 35.9 Å². The molecule has 0 aliphatic carbocycles. The van der Waals surface area contributed by atoms with E-state index in [-0.39, 0.29) is 12.6 Å². The predicted octanol–water partition coefficient (Wildman–Crippen LogP) is 1.74. The van der Waals surface area contributed by atoms with E-state index >= 15 is 0 Å². The zero-order valence-electron chi connectivity index (χ0n) is 15.4. The lowest BCUT2D eigenvalue weighted by Crippen LogP contribution is -2.58. The Morgan fingerprint density at radius 2 is 1.89 bits per heavy atom. The monoisotopic (exact) mass is 400 g/mol. The van der Waals surface area contributed by atoms with Crippen LogP contribution in [0.15, 0.2) is 35.9 Å². The first kappa shape index (κ1) is 17.4. The zero-order chi connectivity index (χ0) is 19.3. The molecule has 0 unspecified atom stereocenters. The van der Waals surface area contributed by atoms with Crippen molar-refractivity contribution < 1.29 is 19.1 Å². The van der Waals surface area contributed by atoms with Gasteiger partial charge in [-0.25, -0.2) is 19.5 Å². The SMILES string of the molecule is Cn1c(-c2cccs2)cnc1N1CC2(OC(=O)C=CC(=O)O2)N2CCC1CC2. The minimum atomic E-state index is -1.43. The lowest BCUT2D eigenvalue weighted by molar-refractivity contribution is -0.274. The molecule has 0 aromatic carbocycles. The summed E-state index contributed by atoms with van der Waals surface area (Å²) in [7, 11) is 1.98. The van der Waals surface area contributed by atoms with Crippen LogP contribution in [0, 0.1) is 0 Å². The van der Waals surface area contributed by atoms with E-state index in [2.05, 4.69) is 16.0 Å². The maximum atomic E-state index is 12.2. The second kappa shape index (κ2) is 6.46. The molecule has 0 atom stereocenters. The molecule has 8 nitrogen and oxygen atoms in total. The Morgan fingerprint density at radius 1 is 1.18 bits per heavy atom. The molecule has 4 aliphatic rings. The maximum Gasteiger partial charge on any atom is 0.339 e. The normalized spacial score (nSPS) is 26.1. The number of aromatic nitrogens is 2. The summed E-state index contributed by atoms with van der Waals surface area (Å²) < 4.78 is 13.4. The highest BCUT2D eigenvalue weighted by molar-refractivity contribution is 7.13. The number of esters is 2. The van der Waals surface area contributed by atoms with E-state index in [1.54, 1.807) is 11.3 Å².